The fourth-order valence-corrected chi connectivity index (χ4v) is 2.95. The lowest BCUT2D eigenvalue weighted by Gasteiger charge is -2.12. The maximum atomic E-state index is 13.2. The molecule has 1 atom stereocenters. The predicted molar refractivity (Wildman–Crippen MR) is 77.1 cm³/mol. The monoisotopic (exact) mass is 276 g/mol. The van der Waals surface area contributed by atoms with Crippen LogP contribution in [-0.2, 0) is 0 Å². The molecule has 2 aromatic rings. The Morgan fingerprint density at radius 1 is 1.05 bits per heavy atom. The fourth-order valence-electron chi connectivity index (χ4n) is 1.84. The summed E-state index contributed by atoms with van der Waals surface area (Å²) in [6, 6.07) is 10.8. The summed E-state index contributed by atoms with van der Waals surface area (Å²) in [4.78, 5) is 1.98. The Labute approximate surface area is 117 Å². The van der Waals surface area contributed by atoms with Crippen LogP contribution in [0.1, 0.15) is 29.7 Å². The molecule has 19 heavy (non-hydrogen) atoms. The van der Waals surface area contributed by atoms with E-state index in [1.807, 2.05) is 6.07 Å². The average Bonchev–Trinajstić information content (AvgIpc) is 2.36. The van der Waals surface area contributed by atoms with Crippen LogP contribution in [-0.4, -0.2) is 5.11 Å². The highest BCUT2D eigenvalue weighted by atomic mass is 32.2. The Hall–Kier alpha value is -1.32. The molecule has 1 N–H and O–H groups in total. The molecule has 0 bridgehead atoms. The van der Waals surface area contributed by atoms with Gasteiger partial charge < -0.3 is 5.11 Å². The van der Waals surface area contributed by atoms with Crippen molar-refractivity contribution in [2.24, 2.45) is 0 Å². The van der Waals surface area contributed by atoms with Crippen LogP contribution >= 0.6 is 11.8 Å². The molecule has 0 saturated carbocycles. The van der Waals surface area contributed by atoms with Gasteiger partial charge in [0.2, 0.25) is 0 Å². The Morgan fingerprint density at radius 2 is 1.79 bits per heavy atom. The highest BCUT2D eigenvalue weighted by Crippen LogP contribution is 2.34. The van der Waals surface area contributed by atoms with E-state index < -0.39 is 6.10 Å². The molecule has 0 heterocycles. The first-order valence-corrected chi connectivity index (χ1v) is 7.01. The molecule has 0 aromatic heterocycles. The molecule has 0 fully saturated rings. The van der Waals surface area contributed by atoms with Crippen molar-refractivity contribution in [3.8, 4) is 0 Å². The van der Waals surface area contributed by atoms with Crippen LogP contribution in [0.25, 0.3) is 0 Å². The SMILES string of the molecule is Cc1ccc(Sc2ccc(F)cc2C(C)O)cc1C. The number of aliphatic hydroxyl groups is 1. The van der Waals surface area contributed by atoms with Crippen LogP contribution in [0.3, 0.4) is 0 Å². The molecular formula is C16H17FOS. The Bertz CT molecular complexity index is 593. The van der Waals surface area contributed by atoms with Gasteiger partial charge in [-0.25, -0.2) is 4.39 Å². The van der Waals surface area contributed by atoms with E-state index in [-0.39, 0.29) is 5.82 Å². The first-order chi connectivity index (χ1) is 8.97. The van der Waals surface area contributed by atoms with E-state index in [1.54, 1.807) is 24.8 Å². The number of hydrogen-bond donors (Lipinski definition) is 1. The number of benzene rings is 2. The fraction of sp³-hybridized carbons (Fsp3) is 0.250. The Balaban J connectivity index is 2.35. The molecular weight excluding hydrogens is 259 g/mol. The van der Waals surface area contributed by atoms with E-state index in [0.717, 1.165) is 9.79 Å². The zero-order valence-electron chi connectivity index (χ0n) is 11.3. The van der Waals surface area contributed by atoms with E-state index in [0.29, 0.717) is 5.56 Å². The molecule has 1 unspecified atom stereocenters. The molecule has 100 valence electrons. The lowest BCUT2D eigenvalue weighted by Crippen LogP contribution is -1.95. The van der Waals surface area contributed by atoms with Gasteiger partial charge in [-0.15, -0.1) is 0 Å². The molecule has 2 rings (SSSR count). The summed E-state index contributed by atoms with van der Waals surface area (Å²) >= 11 is 1.55. The second-order valence-electron chi connectivity index (χ2n) is 4.71. The number of aliphatic hydroxyl groups excluding tert-OH is 1. The van der Waals surface area contributed by atoms with Crippen molar-refractivity contribution in [1.29, 1.82) is 0 Å². The second kappa shape index (κ2) is 5.76. The molecule has 1 nitrogen and oxygen atoms in total. The van der Waals surface area contributed by atoms with Crippen molar-refractivity contribution in [3.63, 3.8) is 0 Å². The lowest BCUT2D eigenvalue weighted by atomic mass is 10.1. The van der Waals surface area contributed by atoms with Crippen LogP contribution in [0.4, 0.5) is 4.39 Å². The summed E-state index contributed by atoms with van der Waals surface area (Å²) in [7, 11) is 0. The quantitative estimate of drug-likeness (QED) is 0.880. The largest absolute Gasteiger partial charge is 0.389 e. The Morgan fingerprint density at radius 3 is 2.42 bits per heavy atom. The molecule has 0 amide bonds. The van der Waals surface area contributed by atoms with Crippen LogP contribution in [0, 0.1) is 19.7 Å². The van der Waals surface area contributed by atoms with Gasteiger partial charge in [0.05, 0.1) is 6.10 Å². The predicted octanol–water partition coefficient (Wildman–Crippen LogP) is 4.65. The van der Waals surface area contributed by atoms with Gasteiger partial charge in [0.25, 0.3) is 0 Å². The van der Waals surface area contributed by atoms with Crippen LogP contribution < -0.4 is 0 Å². The topological polar surface area (TPSA) is 20.2 Å². The van der Waals surface area contributed by atoms with Crippen molar-refractivity contribution >= 4 is 11.8 Å². The smallest absolute Gasteiger partial charge is 0.123 e. The standard InChI is InChI=1S/C16H17FOS/c1-10-4-6-14(8-11(10)2)19-16-7-5-13(17)9-15(16)12(3)18/h4-9,12,18H,1-3H3. The van der Waals surface area contributed by atoms with Crippen LogP contribution in [0.15, 0.2) is 46.2 Å². The molecule has 0 aliphatic rings. The maximum absolute atomic E-state index is 13.2. The van der Waals surface area contributed by atoms with Gasteiger partial charge in [-0.3, -0.25) is 0 Å². The molecule has 2 aromatic carbocycles. The van der Waals surface area contributed by atoms with Gasteiger partial charge in [-0.05, 0) is 67.8 Å². The normalized spacial score (nSPS) is 12.5. The molecule has 0 saturated heterocycles. The van der Waals surface area contributed by atoms with Crippen LogP contribution in [0.5, 0.6) is 0 Å². The minimum Gasteiger partial charge on any atom is -0.389 e. The van der Waals surface area contributed by atoms with E-state index in [2.05, 4.69) is 26.0 Å². The molecule has 0 aliphatic heterocycles. The van der Waals surface area contributed by atoms with Crippen LogP contribution in [0.2, 0.25) is 0 Å². The molecule has 0 radical (unpaired) electrons. The third-order valence-corrected chi connectivity index (χ3v) is 4.21. The number of rotatable bonds is 3. The summed E-state index contributed by atoms with van der Waals surface area (Å²) in [6.45, 7) is 5.79. The van der Waals surface area contributed by atoms with Gasteiger partial charge in [0.15, 0.2) is 0 Å². The molecule has 0 aliphatic carbocycles. The highest BCUT2D eigenvalue weighted by Gasteiger charge is 2.11. The minimum absolute atomic E-state index is 0.319. The number of halogens is 1. The first kappa shape index (κ1) is 14.1. The van der Waals surface area contributed by atoms with Crippen molar-refractivity contribution in [3.05, 3.63) is 58.9 Å². The van der Waals surface area contributed by atoms with Gasteiger partial charge in [-0.2, -0.15) is 0 Å². The minimum atomic E-state index is -0.676. The van der Waals surface area contributed by atoms with E-state index in [4.69, 9.17) is 0 Å². The van der Waals surface area contributed by atoms with E-state index >= 15 is 0 Å². The third-order valence-electron chi connectivity index (χ3n) is 3.13. The first-order valence-electron chi connectivity index (χ1n) is 6.20. The zero-order chi connectivity index (χ0) is 14.0. The zero-order valence-corrected chi connectivity index (χ0v) is 12.1. The molecule has 0 spiro atoms. The second-order valence-corrected chi connectivity index (χ2v) is 5.82. The van der Waals surface area contributed by atoms with Crippen molar-refractivity contribution in [2.75, 3.05) is 0 Å². The highest BCUT2D eigenvalue weighted by molar-refractivity contribution is 7.99. The molecule has 3 heteroatoms. The third kappa shape index (κ3) is 3.37. The summed E-state index contributed by atoms with van der Waals surface area (Å²) in [5.41, 5.74) is 3.10. The van der Waals surface area contributed by atoms with E-state index in [1.165, 1.54) is 23.3 Å². The van der Waals surface area contributed by atoms with Gasteiger partial charge in [0.1, 0.15) is 5.82 Å². The summed E-state index contributed by atoms with van der Waals surface area (Å²) in [6.07, 6.45) is -0.676. The Kier molecular flexibility index (Phi) is 4.27. The number of hydrogen-bond acceptors (Lipinski definition) is 2. The van der Waals surface area contributed by atoms with Crippen molar-refractivity contribution in [1.82, 2.24) is 0 Å². The van der Waals surface area contributed by atoms with Crippen molar-refractivity contribution < 1.29 is 9.50 Å². The van der Waals surface area contributed by atoms with Gasteiger partial charge in [0, 0.05) is 9.79 Å². The summed E-state index contributed by atoms with van der Waals surface area (Å²) in [5, 5.41) is 9.73. The average molecular weight is 276 g/mol. The summed E-state index contributed by atoms with van der Waals surface area (Å²) in [5.74, 6) is -0.319. The lowest BCUT2D eigenvalue weighted by molar-refractivity contribution is 0.196. The summed E-state index contributed by atoms with van der Waals surface area (Å²) < 4.78 is 13.2. The van der Waals surface area contributed by atoms with Gasteiger partial charge >= 0.3 is 0 Å². The number of aryl methyl sites for hydroxylation is 2. The maximum Gasteiger partial charge on any atom is 0.123 e. The van der Waals surface area contributed by atoms with Gasteiger partial charge in [-0.1, -0.05) is 17.8 Å². The van der Waals surface area contributed by atoms with E-state index in [9.17, 15) is 9.50 Å². The van der Waals surface area contributed by atoms with Crippen molar-refractivity contribution in [2.45, 2.75) is 36.7 Å².